The molecule has 0 amide bonds. The molecule has 0 saturated carbocycles. The van der Waals surface area contributed by atoms with Crippen molar-refractivity contribution in [3.8, 4) is 0 Å². The van der Waals surface area contributed by atoms with E-state index in [4.69, 9.17) is 11.6 Å². The zero-order valence-corrected chi connectivity index (χ0v) is 13.7. The number of halogens is 1. The number of hydrogen-bond donors (Lipinski definition) is 1. The summed E-state index contributed by atoms with van der Waals surface area (Å²) in [5, 5.41) is 4.51. The molecule has 20 heavy (non-hydrogen) atoms. The van der Waals surface area contributed by atoms with Crippen LogP contribution < -0.4 is 5.32 Å². The summed E-state index contributed by atoms with van der Waals surface area (Å²) in [6.07, 6.45) is 5.23. The molecule has 1 N–H and O–H groups in total. The van der Waals surface area contributed by atoms with Gasteiger partial charge in [-0.3, -0.25) is 4.90 Å². The van der Waals surface area contributed by atoms with Gasteiger partial charge in [-0.1, -0.05) is 36.2 Å². The van der Waals surface area contributed by atoms with Gasteiger partial charge in [0.2, 0.25) is 0 Å². The largest absolute Gasteiger partial charge is 0.314 e. The van der Waals surface area contributed by atoms with Crippen molar-refractivity contribution in [3.05, 3.63) is 34.9 Å². The Labute approximate surface area is 128 Å². The van der Waals surface area contributed by atoms with Crippen LogP contribution in [0.2, 0.25) is 5.02 Å². The normalized spacial score (nSPS) is 22.8. The fourth-order valence-electron chi connectivity index (χ4n) is 3.12. The van der Waals surface area contributed by atoms with Gasteiger partial charge >= 0.3 is 0 Å². The Kier molecular flexibility index (Phi) is 5.88. The monoisotopic (exact) mass is 294 g/mol. The lowest BCUT2D eigenvalue weighted by atomic mass is 9.97. The average Bonchev–Trinajstić information content (AvgIpc) is 2.47. The van der Waals surface area contributed by atoms with Gasteiger partial charge in [-0.15, -0.1) is 0 Å². The first-order valence-electron chi connectivity index (χ1n) is 7.79. The molecule has 3 heteroatoms. The van der Waals surface area contributed by atoms with Crippen LogP contribution >= 0.6 is 11.6 Å². The van der Waals surface area contributed by atoms with Gasteiger partial charge in [0.05, 0.1) is 0 Å². The Bertz CT molecular complexity index is 415. The molecule has 1 aromatic rings. The second-order valence-electron chi connectivity index (χ2n) is 6.09. The highest BCUT2D eigenvalue weighted by molar-refractivity contribution is 6.31. The van der Waals surface area contributed by atoms with Crippen LogP contribution in [0, 0.1) is 0 Å². The molecule has 112 valence electrons. The van der Waals surface area contributed by atoms with Crippen LogP contribution in [0.3, 0.4) is 0 Å². The van der Waals surface area contributed by atoms with Gasteiger partial charge in [0.25, 0.3) is 0 Å². The molecule has 1 saturated heterocycles. The number of rotatable bonds is 5. The van der Waals surface area contributed by atoms with Gasteiger partial charge in [-0.25, -0.2) is 0 Å². The Morgan fingerprint density at radius 3 is 2.70 bits per heavy atom. The van der Waals surface area contributed by atoms with E-state index in [1.54, 1.807) is 0 Å². The molecular formula is C17H27ClN2. The molecule has 3 atom stereocenters. The Hall–Kier alpha value is -0.570. The van der Waals surface area contributed by atoms with Crippen LogP contribution in [-0.2, 0) is 0 Å². The zero-order valence-electron chi connectivity index (χ0n) is 12.9. The zero-order chi connectivity index (χ0) is 14.5. The molecule has 1 aromatic carbocycles. The van der Waals surface area contributed by atoms with Crippen molar-refractivity contribution >= 4 is 11.6 Å². The minimum Gasteiger partial charge on any atom is -0.314 e. The molecule has 2 rings (SSSR count). The summed E-state index contributed by atoms with van der Waals surface area (Å²) in [7, 11) is 2.21. The Balaban J connectivity index is 1.95. The third kappa shape index (κ3) is 3.97. The molecule has 1 heterocycles. The molecule has 0 spiro atoms. The van der Waals surface area contributed by atoms with E-state index in [2.05, 4.69) is 43.2 Å². The number of nitrogens with one attached hydrogen (secondary N) is 1. The molecule has 0 aromatic heterocycles. The molecule has 0 aliphatic carbocycles. The summed E-state index contributed by atoms with van der Waals surface area (Å²) in [6.45, 7) is 5.75. The smallest absolute Gasteiger partial charge is 0.0453 e. The van der Waals surface area contributed by atoms with Gasteiger partial charge in [0.1, 0.15) is 0 Å². The summed E-state index contributed by atoms with van der Waals surface area (Å²) in [5.74, 6) is 0. The van der Waals surface area contributed by atoms with E-state index < -0.39 is 0 Å². The van der Waals surface area contributed by atoms with Crippen LogP contribution in [0.1, 0.15) is 51.1 Å². The topological polar surface area (TPSA) is 15.3 Å². The lowest BCUT2D eigenvalue weighted by Gasteiger charge is -2.35. The van der Waals surface area contributed by atoms with E-state index in [-0.39, 0.29) is 0 Å². The average molecular weight is 295 g/mol. The van der Waals surface area contributed by atoms with E-state index in [0.717, 1.165) is 5.02 Å². The summed E-state index contributed by atoms with van der Waals surface area (Å²) >= 11 is 6.32. The van der Waals surface area contributed by atoms with E-state index in [1.807, 2.05) is 12.1 Å². The van der Waals surface area contributed by atoms with E-state index in [0.29, 0.717) is 18.1 Å². The molecule has 1 aliphatic heterocycles. The molecule has 0 bridgehead atoms. The minimum atomic E-state index is 0.349. The van der Waals surface area contributed by atoms with Gasteiger partial charge in [0.15, 0.2) is 0 Å². The van der Waals surface area contributed by atoms with Crippen LogP contribution in [0.5, 0.6) is 0 Å². The first-order chi connectivity index (χ1) is 9.59. The second-order valence-corrected chi connectivity index (χ2v) is 6.50. The highest BCUT2D eigenvalue weighted by Crippen LogP contribution is 2.28. The van der Waals surface area contributed by atoms with Crippen molar-refractivity contribution in [1.82, 2.24) is 10.2 Å². The van der Waals surface area contributed by atoms with Gasteiger partial charge in [-0.2, -0.15) is 0 Å². The molecule has 1 fully saturated rings. The van der Waals surface area contributed by atoms with Crippen LogP contribution in [0.25, 0.3) is 0 Å². The minimum absolute atomic E-state index is 0.349. The van der Waals surface area contributed by atoms with Crippen LogP contribution in [-0.4, -0.2) is 30.6 Å². The van der Waals surface area contributed by atoms with Crippen molar-refractivity contribution in [2.75, 3.05) is 13.6 Å². The van der Waals surface area contributed by atoms with Crippen molar-refractivity contribution in [3.63, 3.8) is 0 Å². The van der Waals surface area contributed by atoms with Crippen molar-refractivity contribution < 1.29 is 0 Å². The Morgan fingerprint density at radius 2 is 2.05 bits per heavy atom. The number of hydrogen-bond acceptors (Lipinski definition) is 2. The molecule has 2 nitrogen and oxygen atoms in total. The lowest BCUT2D eigenvalue weighted by molar-refractivity contribution is 0.170. The molecule has 1 aliphatic rings. The van der Waals surface area contributed by atoms with Gasteiger partial charge in [0, 0.05) is 23.1 Å². The number of nitrogens with zero attached hydrogens (tertiary/aromatic N) is 1. The van der Waals surface area contributed by atoms with Crippen molar-refractivity contribution in [2.24, 2.45) is 0 Å². The third-order valence-corrected chi connectivity index (χ3v) is 5.04. The predicted molar refractivity (Wildman–Crippen MR) is 87.4 cm³/mol. The third-order valence-electron chi connectivity index (χ3n) is 4.70. The quantitative estimate of drug-likeness (QED) is 0.873. The standard InChI is InChI=1S/C17H27ClN2/c1-13(12-15-8-6-7-11-19-15)20(3)14(2)16-9-4-5-10-17(16)18/h4-5,9-10,13-15,19H,6-8,11-12H2,1-3H3. The van der Waals surface area contributed by atoms with E-state index in [1.165, 1.54) is 37.8 Å². The summed E-state index contributed by atoms with van der Waals surface area (Å²) in [5.41, 5.74) is 1.22. The molecule has 3 unspecified atom stereocenters. The predicted octanol–water partition coefficient (Wildman–Crippen LogP) is 4.25. The fourth-order valence-corrected chi connectivity index (χ4v) is 3.41. The van der Waals surface area contributed by atoms with Gasteiger partial charge in [-0.05, 0) is 58.3 Å². The first-order valence-corrected chi connectivity index (χ1v) is 8.17. The highest BCUT2D eigenvalue weighted by atomic mass is 35.5. The fraction of sp³-hybridized carbons (Fsp3) is 0.647. The highest BCUT2D eigenvalue weighted by Gasteiger charge is 2.22. The maximum absolute atomic E-state index is 6.32. The summed E-state index contributed by atoms with van der Waals surface area (Å²) in [4.78, 5) is 2.44. The number of benzene rings is 1. The van der Waals surface area contributed by atoms with Gasteiger partial charge < -0.3 is 5.32 Å². The maximum atomic E-state index is 6.32. The van der Waals surface area contributed by atoms with Crippen LogP contribution in [0.15, 0.2) is 24.3 Å². The maximum Gasteiger partial charge on any atom is 0.0453 e. The SMILES string of the molecule is CC(CC1CCCCN1)N(C)C(C)c1ccccc1Cl. The summed E-state index contributed by atoms with van der Waals surface area (Å²) < 4.78 is 0. The lowest BCUT2D eigenvalue weighted by Crippen LogP contribution is -2.41. The molecular weight excluding hydrogens is 268 g/mol. The molecule has 0 radical (unpaired) electrons. The number of piperidine rings is 1. The van der Waals surface area contributed by atoms with Crippen molar-refractivity contribution in [2.45, 2.75) is 57.7 Å². The van der Waals surface area contributed by atoms with Crippen LogP contribution in [0.4, 0.5) is 0 Å². The van der Waals surface area contributed by atoms with E-state index in [9.17, 15) is 0 Å². The second kappa shape index (κ2) is 7.44. The van der Waals surface area contributed by atoms with E-state index >= 15 is 0 Å². The Morgan fingerprint density at radius 1 is 1.30 bits per heavy atom. The first kappa shape index (κ1) is 15.8. The summed E-state index contributed by atoms with van der Waals surface area (Å²) in [6, 6.07) is 9.76. The van der Waals surface area contributed by atoms with Crippen molar-refractivity contribution in [1.29, 1.82) is 0 Å².